The summed E-state index contributed by atoms with van der Waals surface area (Å²) in [6, 6.07) is 11.0. The molecule has 0 aliphatic rings. The lowest BCUT2D eigenvalue weighted by Crippen LogP contribution is -2.06. The second-order valence-electron chi connectivity index (χ2n) is 3.55. The maximum Gasteiger partial charge on any atom is 0.208 e. The molecule has 0 bridgehead atoms. The predicted octanol–water partition coefficient (Wildman–Crippen LogP) is 2.18. The third-order valence-electron chi connectivity index (χ3n) is 2.41. The van der Waals surface area contributed by atoms with Crippen LogP contribution in [0.2, 0.25) is 0 Å². The Morgan fingerprint density at radius 2 is 1.78 bits per heavy atom. The van der Waals surface area contributed by atoms with E-state index in [2.05, 4.69) is 10.2 Å². The van der Waals surface area contributed by atoms with Gasteiger partial charge in [0.15, 0.2) is 0 Å². The molecule has 92 valence electrons. The van der Waals surface area contributed by atoms with Crippen molar-refractivity contribution < 1.29 is 8.42 Å². The predicted molar refractivity (Wildman–Crippen MR) is 65.6 cm³/mol. The monoisotopic (exact) mass is 262 g/mol. The van der Waals surface area contributed by atoms with Gasteiger partial charge in [-0.15, -0.1) is 0 Å². The van der Waals surface area contributed by atoms with E-state index >= 15 is 0 Å². The Balaban J connectivity index is 2.58. The number of hydrogen-bond acceptors (Lipinski definition) is 5. The van der Waals surface area contributed by atoms with Crippen molar-refractivity contribution in [2.45, 2.75) is 16.3 Å². The minimum atomic E-state index is -3.65. The summed E-state index contributed by atoms with van der Waals surface area (Å²) in [6.45, 7) is -0.262. The molecule has 0 fully saturated rings. The van der Waals surface area contributed by atoms with Crippen molar-refractivity contribution >= 4 is 9.84 Å². The van der Waals surface area contributed by atoms with Crippen LogP contribution in [0.5, 0.6) is 0 Å². The Bertz CT molecular complexity index is 654. The summed E-state index contributed by atoms with van der Waals surface area (Å²) in [5.41, 5.74) is 0.163. The molecule has 0 spiro atoms. The zero-order chi connectivity index (χ0) is 13.0. The van der Waals surface area contributed by atoms with Crippen molar-refractivity contribution in [3.8, 4) is 0 Å². The molecule has 0 radical (unpaired) electrons. The van der Waals surface area contributed by atoms with E-state index in [9.17, 15) is 13.3 Å². The molecule has 2 rings (SSSR count). The third-order valence-corrected chi connectivity index (χ3v) is 4.25. The average Bonchev–Trinajstić information content (AvgIpc) is 2.41. The summed E-state index contributed by atoms with van der Waals surface area (Å²) in [5.74, 6) is 0. The number of pyridine rings is 1. The summed E-state index contributed by atoms with van der Waals surface area (Å²) in [4.78, 5) is 14.4. The van der Waals surface area contributed by atoms with Crippen molar-refractivity contribution in [3.63, 3.8) is 0 Å². The second-order valence-corrected chi connectivity index (χ2v) is 5.47. The second kappa shape index (κ2) is 5.05. The van der Waals surface area contributed by atoms with Crippen LogP contribution in [0.25, 0.3) is 0 Å². The van der Waals surface area contributed by atoms with E-state index in [4.69, 9.17) is 0 Å². The van der Waals surface area contributed by atoms with E-state index in [1.807, 2.05) is 0 Å². The molecule has 0 N–H and O–H groups in total. The molecule has 0 atom stereocenters. The first kappa shape index (κ1) is 12.4. The fourth-order valence-corrected chi connectivity index (χ4v) is 3.03. The maximum absolute atomic E-state index is 12.3. The fraction of sp³-hybridized carbons (Fsp3) is 0.0833. The van der Waals surface area contributed by atoms with Gasteiger partial charge in [-0.25, -0.2) is 8.42 Å². The molecule has 5 nitrogen and oxygen atoms in total. The smallest absolute Gasteiger partial charge is 0.208 e. The van der Waals surface area contributed by atoms with Crippen molar-refractivity contribution in [1.29, 1.82) is 0 Å². The first-order valence-corrected chi connectivity index (χ1v) is 6.67. The Morgan fingerprint density at radius 1 is 1.06 bits per heavy atom. The fourth-order valence-electron chi connectivity index (χ4n) is 1.57. The Hall–Kier alpha value is -2.08. The summed E-state index contributed by atoms with van der Waals surface area (Å²) < 4.78 is 24.7. The van der Waals surface area contributed by atoms with E-state index in [-0.39, 0.29) is 22.0 Å². The van der Waals surface area contributed by atoms with Crippen molar-refractivity contribution in [3.05, 3.63) is 59.3 Å². The van der Waals surface area contributed by atoms with Gasteiger partial charge in [0.25, 0.3) is 0 Å². The van der Waals surface area contributed by atoms with Gasteiger partial charge in [-0.3, -0.25) is 4.98 Å². The van der Waals surface area contributed by atoms with Crippen LogP contribution < -0.4 is 0 Å². The highest BCUT2D eigenvalue weighted by Crippen LogP contribution is 2.22. The lowest BCUT2D eigenvalue weighted by molar-refractivity contribution is 0.594. The lowest BCUT2D eigenvalue weighted by Gasteiger charge is -2.07. The molecule has 0 aliphatic carbocycles. The zero-order valence-electron chi connectivity index (χ0n) is 9.35. The van der Waals surface area contributed by atoms with Gasteiger partial charge in [0.1, 0.15) is 6.54 Å². The highest BCUT2D eigenvalue weighted by Gasteiger charge is 2.21. The highest BCUT2D eigenvalue weighted by molar-refractivity contribution is 7.91. The van der Waals surface area contributed by atoms with Gasteiger partial charge in [0.2, 0.25) is 9.84 Å². The molecule has 6 heteroatoms. The molecule has 1 aromatic carbocycles. The molecule has 18 heavy (non-hydrogen) atoms. The third kappa shape index (κ3) is 2.28. The molecule has 0 unspecified atom stereocenters. The lowest BCUT2D eigenvalue weighted by atomic mass is 10.3. The van der Waals surface area contributed by atoms with Gasteiger partial charge < -0.3 is 0 Å². The molecule has 0 saturated carbocycles. The van der Waals surface area contributed by atoms with Crippen molar-refractivity contribution in [1.82, 2.24) is 4.98 Å². The van der Waals surface area contributed by atoms with E-state index in [0.29, 0.717) is 0 Å². The van der Waals surface area contributed by atoms with Crippen LogP contribution in [0.3, 0.4) is 0 Å². The zero-order valence-corrected chi connectivity index (χ0v) is 10.2. The number of sulfone groups is 1. The van der Waals surface area contributed by atoms with E-state index in [1.165, 1.54) is 30.5 Å². The van der Waals surface area contributed by atoms with Gasteiger partial charge in [-0.1, -0.05) is 23.4 Å². The number of rotatable bonds is 4. The molecule has 1 aromatic heterocycles. The number of aromatic nitrogens is 1. The summed E-state index contributed by atoms with van der Waals surface area (Å²) in [6.07, 6.45) is 1.44. The van der Waals surface area contributed by atoms with Gasteiger partial charge >= 0.3 is 0 Å². The number of nitrogens with zero attached hydrogens (tertiary/aromatic N) is 2. The number of hydrogen-bond donors (Lipinski definition) is 0. The molecule has 0 amide bonds. The van der Waals surface area contributed by atoms with Crippen molar-refractivity contribution in [2.24, 2.45) is 5.18 Å². The van der Waals surface area contributed by atoms with Crippen LogP contribution in [-0.2, 0) is 16.4 Å². The van der Waals surface area contributed by atoms with E-state index in [0.717, 1.165) is 0 Å². The largest absolute Gasteiger partial charge is 0.258 e. The van der Waals surface area contributed by atoms with Gasteiger partial charge in [0, 0.05) is 6.20 Å². The summed E-state index contributed by atoms with van der Waals surface area (Å²) >= 11 is 0. The van der Waals surface area contributed by atoms with Gasteiger partial charge in [0.05, 0.1) is 15.5 Å². The quantitative estimate of drug-likeness (QED) is 0.791. The standard InChI is InChI=1S/C12H10N2O3S/c15-14-9-11-12(7-4-8-13-11)18(16,17)10-5-2-1-3-6-10/h1-8H,9H2. The topological polar surface area (TPSA) is 76.5 Å². The van der Waals surface area contributed by atoms with Gasteiger partial charge in [-0.2, -0.15) is 4.91 Å². The summed E-state index contributed by atoms with van der Waals surface area (Å²) in [7, 11) is -3.65. The van der Waals surface area contributed by atoms with E-state index in [1.54, 1.807) is 18.2 Å². The first-order chi connectivity index (χ1) is 8.66. The maximum atomic E-state index is 12.3. The Labute approximate surface area is 104 Å². The van der Waals surface area contributed by atoms with Crippen LogP contribution in [-0.4, -0.2) is 13.4 Å². The normalized spacial score (nSPS) is 11.1. The molecule has 1 heterocycles. The Kier molecular flexibility index (Phi) is 3.47. The SMILES string of the molecule is O=NCc1ncccc1S(=O)(=O)c1ccccc1. The Morgan fingerprint density at radius 3 is 2.44 bits per heavy atom. The molecule has 0 saturated heterocycles. The van der Waals surface area contributed by atoms with Crippen LogP contribution >= 0.6 is 0 Å². The minimum Gasteiger partial charge on any atom is -0.258 e. The molecule has 2 aromatic rings. The van der Waals surface area contributed by atoms with Crippen LogP contribution in [0.4, 0.5) is 0 Å². The minimum absolute atomic E-state index is 0.0239. The average molecular weight is 262 g/mol. The summed E-state index contributed by atoms with van der Waals surface area (Å²) in [5, 5.41) is 2.70. The van der Waals surface area contributed by atoms with E-state index < -0.39 is 9.84 Å². The molecular formula is C12H10N2O3S. The number of benzene rings is 1. The highest BCUT2D eigenvalue weighted by atomic mass is 32.2. The molecular weight excluding hydrogens is 252 g/mol. The molecule has 0 aliphatic heterocycles. The van der Waals surface area contributed by atoms with Crippen LogP contribution in [0.1, 0.15) is 5.69 Å². The van der Waals surface area contributed by atoms with Crippen LogP contribution in [0, 0.1) is 4.91 Å². The first-order valence-electron chi connectivity index (χ1n) is 5.19. The van der Waals surface area contributed by atoms with Crippen LogP contribution in [0.15, 0.2) is 63.6 Å². The number of nitroso groups, excluding NO2 is 1. The van der Waals surface area contributed by atoms with Gasteiger partial charge in [-0.05, 0) is 24.3 Å². The van der Waals surface area contributed by atoms with Crippen molar-refractivity contribution in [2.75, 3.05) is 0 Å².